The first kappa shape index (κ1) is 10.7. The molecular weight excluding hydrogens is 222 g/mol. The highest BCUT2D eigenvalue weighted by atomic mass is 35.5. The van der Waals surface area contributed by atoms with E-state index in [4.69, 9.17) is 11.6 Å². The van der Waals surface area contributed by atoms with Crippen LogP contribution in [0.25, 0.3) is 0 Å². The first-order valence-electron chi connectivity index (χ1n) is 4.81. The zero-order valence-corrected chi connectivity index (χ0v) is 8.97. The minimum Gasteiger partial charge on any atom is -0.435 e. The van der Waals surface area contributed by atoms with Gasteiger partial charge in [0, 0.05) is 5.56 Å². The Bertz CT molecular complexity index is 368. The summed E-state index contributed by atoms with van der Waals surface area (Å²) < 4.78 is 28.8. The van der Waals surface area contributed by atoms with E-state index < -0.39 is 6.61 Å². The topological polar surface area (TPSA) is 9.23 Å². The maximum Gasteiger partial charge on any atom is 0.387 e. The molecule has 0 N–H and O–H groups in total. The van der Waals surface area contributed by atoms with Crippen molar-refractivity contribution in [2.75, 3.05) is 0 Å². The molecule has 2 unspecified atom stereocenters. The van der Waals surface area contributed by atoms with E-state index in [9.17, 15) is 8.78 Å². The molecule has 1 aliphatic carbocycles. The van der Waals surface area contributed by atoms with Gasteiger partial charge in [0.15, 0.2) is 0 Å². The van der Waals surface area contributed by atoms with Crippen LogP contribution < -0.4 is 4.74 Å². The smallest absolute Gasteiger partial charge is 0.387 e. The van der Waals surface area contributed by atoms with Crippen molar-refractivity contribution in [2.45, 2.75) is 31.3 Å². The summed E-state index contributed by atoms with van der Waals surface area (Å²) in [4.78, 5) is 0. The fraction of sp³-hybridized carbons (Fsp3) is 0.455. The van der Waals surface area contributed by atoms with Crippen LogP contribution in [0.1, 0.15) is 35.8 Å². The van der Waals surface area contributed by atoms with Gasteiger partial charge in [0.2, 0.25) is 0 Å². The first-order valence-corrected chi connectivity index (χ1v) is 5.25. The number of benzene rings is 1. The lowest BCUT2D eigenvalue weighted by Gasteiger charge is -2.12. The summed E-state index contributed by atoms with van der Waals surface area (Å²) in [5.74, 6) is 0.440. The summed E-state index contributed by atoms with van der Waals surface area (Å²) in [6, 6.07) is 5.13. The average molecular weight is 233 g/mol. The molecule has 4 heteroatoms. The Morgan fingerprint density at radius 3 is 2.87 bits per heavy atom. The lowest BCUT2D eigenvalue weighted by Crippen LogP contribution is -2.05. The Labute approximate surface area is 92.0 Å². The van der Waals surface area contributed by atoms with Crippen molar-refractivity contribution in [3.05, 3.63) is 29.3 Å². The van der Waals surface area contributed by atoms with Crippen molar-refractivity contribution >= 4 is 11.6 Å². The minimum absolute atomic E-state index is 0.0868. The zero-order valence-electron chi connectivity index (χ0n) is 8.21. The van der Waals surface area contributed by atoms with Crippen LogP contribution in [0.2, 0.25) is 0 Å². The van der Waals surface area contributed by atoms with E-state index in [1.165, 1.54) is 0 Å². The molecule has 0 heterocycles. The van der Waals surface area contributed by atoms with Gasteiger partial charge in [-0.3, -0.25) is 0 Å². The van der Waals surface area contributed by atoms with Crippen molar-refractivity contribution in [1.29, 1.82) is 0 Å². The minimum atomic E-state index is -2.78. The molecule has 1 aromatic carbocycles. The van der Waals surface area contributed by atoms with Crippen LogP contribution in [-0.2, 0) is 0 Å². The van der Waals surface area contributed by atoms with E-state index in [2.05, 4.69) is 4.74 Å². The van der Waals surface area contributed by atoms with Gasteiger partial charge in [0.25, 0.3) is 0 Å². The highest BCUT2D eigenvalue weighted by Gasteiger charge is 2.30. The quantitative estimate of drug-likeness (QED) is 0.699. The molecule has 0 aliphatic heterocycles. The molecule has 0 saturated heterocycles. The lowest BCUT2D eigenvalue weighted by molar-refractivity contribution is -0.0505. The molecule has 0 spiro atoms. The maximum absolute atomic E-state index is 12.2. The van der Waals surface area contributed by atoms with E-state index in [0.29, 0.717) is 0 Å². The number of alkyl halides is 3. The molecule has 1 aliphatic rings. The Balaban J connectivity index is 2.41. The largest absolute Gasteiger partial charge is 0.435 e. The third-order valence-corrected chi connectivity index (χ3v) is 3.12. The number of halogens is 3. The van der Waals surface area contributed by atoms with Gasteiger partial charge in [-0.1, -0.05) is 19.1 Å². The SMILES string of the molecule is CC1CC(Cl)c2cccc(OC(F)F)c21. The van der Waals surface area contributed by atoms with Gasteiger partial charge in [0.05, 0.1) is 5.38 Å². The summed E-state index contributed by atoms with van der Waals surface area (Å²) >= 11 is 6.10. The number of hydrogen-bond acceptors (Lipinski definition) is 1. The van der Waals surface area contributed by atoms with Crippen molar-refractivity contribution in [2.24, 2.45) is 0 Å². The van der Waals surface area contributed by atoms with Crippen LogP contribution in [0.15, 0.2) is 18.2 Å². The predicted octanol–water partition coefficient (Wildman–Crippen LogP) is 4.08. The first-order chi connectivity index (χ1) is 7.09. The van der Waals surface area contributed by atoms with Gasteiger partial charge < -0.3 is 4.74 Å². The summed E-state index contributed by atoms with van der Waals surface area (Å²) in [5.41, 5.74) is 1.75. The summed E-state index contributed by atoms with van der Waals surface area (Å²) in [5, 5.41) is -0.0868. The number of hydrogen-bond donors (Lipinski definition) is 0. The number of rotatable bonds is 2. The van der Waals surface area contributed by atoms with Crippen molar-refractivity contribution in [3.8, 4) is 5.75 Å². The van der Waals surface area contributed by atoms with Gasteiger partial charge >= 0.3 is 6.61 Å². The third-order valence-electron chi connectivity index (χ3n) is 2.71. The molecule has 0 saturated carbocycles. The van der Waals surface area contributed by atoms with E-state index >= 15 is 0 Å². The Morgan fingerprint density at radius 1 is 1.47 bits per heavy atom. The van der Waals surface area contributed by atoms with Crippen LogP contribution in [0.3, 0.4) is 0 Å². The van der Waals surface area contributed by atoms with Crippen LogP contribution in [-0.4, -0.2) is 6.61 Å². The maximum atomic E-state index is 12.2. The zero-order chi connectivity index (χ0) is 11.0. The van der Waals surface area contributed by atoms with Gasteiger partial charge in [-0.05, 0) is 24.0 Å². The summed E-state index contributed by atoms with van der Waals surface area (Å²) in [6.45, 7) is -0.808. The standard InChI is InChI=1S/C11H11ClF2O/c1-6-5-8(12)7-3-2-4-9(10(6)7)15-11(13)14/h2-4,6,8,11H,5H2,1H3. The molecule has 2 rings (SSSR count). The highest BCUT2D eigenvalue weighted by molar-refractivity contribution is 6.21. The fourth-order valence-corrected chi connectivity index (χ4v) is 2.57. The summed E-state index contributed by atoms with van der Waals surface area (Å²) in [7, 11) is 0. The Morgan fingerprint density at radius 2 is 2.20 bits per heavy atom. The van der Waals surface area contributed by atoms with Crippen LogP contribution in [0.4, 0.5) is 8.78 Å². The van der Waals surface area contributed by atoms with Gasteiger partial charge in [-0.25, -0.2) is 0 Å². The van der Waals surface area contributed by atoms with Crippen LogP contribution in [0.5, 0.6) is 5.75 Å². The Hall–Kier alpha value is -0.830. The average Bonchev–Trinajstić information content (AvgIpc) is 2.43. The number of fused-ring (bicyclic) bond motifs is 1. The summed E-state index contributed by atoms with van der Waals surface area (Å²) in [6.07, 6.45) is 0.778. The monoisotopic (exact) mass is 232 g/mol. The van der Waals surface area contributed by atoms with E-state index in [1.54, 1.807) is 12.1 Å². The van der Waals surface area contributed by atoms with E-state index in [0.717, 1.165) is 17.5 Å². The predicted molar refractivity (Wildman–Crippen MR) is 54.7 cm³/mol. The lowest BCUT2D eigenvalue weighted by atomic mass is 10.0. The molecule has 0 aromatic heterocycles. The fourth-order valence-electron chi connectivity index (χ4n) is 2.12. The van der Waals surface area contributed by atoms with Gasteiger partial charge in [0.1, 0.15) is 5.75 Å². The molecule has 82 valence electrons. The van der Waals surface area contributed by atoms with E-state index in [1.807, 2.05) is 13.0 Å². The van der Waals surface area contributed by atoms with Gasteiger partial charge in [-0.2, -0.15) is 8.78 Å². The Kier molecular flexibility index (Phi) is 2.83. The molecule has 1 nitrogen and oxygen atoms in total. The normalized spacial score (nSPS) is 24.3. The van der Waals surface area contributed by atoms with Crippen molar-refractivity contribution in [3.63, 3.8) is 0 Å². The van der Waals surface area contributed by atoms with Crippen LogP contribution >= 0.6 is 11.6 Å². The second kappa shape index (κ2) is 3.97. The molecule has 2 atom stereocenters. The van der Waals surface area contributed by atoms with E-state index in [-0.39, 0.29) is 17.0 Å². The molecule has 0 radical (unpaired) electrons. The molecule has 15 heavy (non-hydrogen) atoms. The second-order valence-electron chi connectivity index (χ2n) is 3.74. The van der Waals surface area contributed by atoms with Crippen molar-refractivity contribution in [1.82, 2.24) is 0 Å². The number of ether oxygens (including phenoxy) is 1. The molecule has 1 aromatic rings. The van der Waals surface area contributed by atoms with Gasteiger partial charge in [-0.15, -0.1) is 11.6 Å². The van der Waals surface area contributed by atoms with Crippen molar-refractivity contribution < 1.29 is 13.5 Å². The highest BCUT2D eigenvalue weighted by Crippen LogP contribution is 2.47. The third kappa shape index (κ3) is 1.93. The molecular formula is C11H11ClF2O. The molecule has 0 amide bonds. The molecule has 0 fully saturated rings. The molecule has 0 bridgehead atoms. The van der Waals surface area contributed by atoms with Crippen LogP contribution in [0, 0.1) is 0 Å². The second-order valence-corrected chi connectivity index (χ2v) is 4.27.